The van der Waals surface area contributed by atoms with Gasteiger partial charge in [0.05, 0.1) is 5.69 Å². The highest BCUT2D eigenvalue weighted by molar-refractivity contribution is 5.74. The maximum absolute atomic E-state index is 10.8. The molecule has 0 amide bonds. The first-order valence-electron chi connectivity index (χ1n) is 12.0. The molecule has 1 rings (SSSR count). The molecule has 1 aromatic heterocycles. The zero-order chi connectivity index (χ0) is 19.4. The van der Waals surface area contributed by atoms with Gasteiger partial charge >= 0.3 is 0 Å². The second-order valence-corrected chi connectivity index (χ2v) is 8.29. The molecular formula is C25H45NO. The molecule has 1 aromatic rings. The van der Waals surface area contributed by atoms with Gasteiger partial charge in [-0.05, 0) is 24.5 Å². The average Bonchev–Trinajstić information content (AvgIpc) is 3.14. The summed E-state index contributed by atoms with van der Waals surface area (Å²) >= 11 is 0. The van der Waals surface area contributed by atoms with Crippen molar-refractivity contribution < 1.29 is 4.79 Å². The Hall–Kier alpha value is -1.05. The third kappa shape index (κ3) is 13.7. The van der Waals surface area contributed by atoms with Crippen LogP contribution < -0.4 is 0 Å². The lowest BCUT2D eigenvalue weighted by Gasteiger charge is -2.04. The number of H-pyrrole nitrogens is 1. The standard InChI is InChI=1S/C25H45NO/c1-2-3-4-5-6-7-8-9-10-11-12-13-14-15-16-17-18-19-20-24-21-22-26-25(24)23-27/h21-23,26H,2-20H2,1H3. The number of carbonyl (C=O) groups excluding carboxylic acids is 1. The summed E-state index contributed by atoms with van der Waals surface area (Å²) in [4.78, 5) is 13.8. The maximum atomic E-state index is 10.8. The van der Waals surface area contributed by atoms with Crippen LogP contribution in [0.15, 0.2) is 12.3 Å². The molecule has 2 nitrogen and oxygen atoms in total. The van der Waals surface area contributed by atoms with Crippen LogP contribution in [0.1, 0.15) is 139 Å². The highest BCUT2D eigenvalue weighted by Gasteiger charge is 2.01. The Morgan fingerprint density at radius 1 is 0.667 bits per heavy atom. The number of aldehydes is 1. The van der Waals surface area contributed by atoms with E-state index in [1.54, 1.807) is 0 Å². The van der Waals surface area contributed by atoms with Gasteiger partial charge in [0.15, 0.2) is 6.29 Å². The minimum atomic E-state index is 0.766. The van der Waals surface area contributed by atoms with Crippen molar-refractivity contribution in [1.29, 1.82) is 0 Å². The van der Waals surface area contributed by atoms with Crippen LogP contribution in [0.5, 0.6) is 0 Å². The van der Waals surface area contributed by atoms with Crippen molar-refractivity contribution in [3.63, 3.8) is 0 Å². The van der Waals surface area contributed by atoms with Gasteiger partial charge in [0.25, 0.3) is 0 Å². The van der Waals surface area contributed by atoms with E-state index in [0.717, 1.165) is 18.4 Å². The molecule has 0 bridgehead atoms. The molecule has 2 heteroatoms. The number of carbonyl (C=O) groups is 1. The molecular weight excluding hydrogens is 330 g/mol. The number of aromatic nitrogens is 1. The molecule has 1 N–H and O–H groups in total. The van der Waals surface area contributed by atoms with Crippen LogP contribution in [0, 0.1) is 0 Å². The Kier molecular flexibility index (Phi) is 16.3. The Balaban J connectivity index is 1.73. The number of hydrogen-bond acceptors (Lipinski definition) is 1. The van der Waals surface area contributed by atoms with Gasteiger partial charge < -0.3 is 4.98 Å². The molecule has 27 heavy (non-hydrogen) atoms. The summed E-state index contributed by atoms with van der Waals surface area (Å²) in [7, 11) is 0. The fraction of sp³-hybridized carbons (Fsp3) is 0.800. The van der Waals surface area contributed by atoms with E-state index < -0.39 is 0 Å². The lowest BCUT2D eigenvalue weighted by Crippen LogP contribution is -1.90. The van der Waals surface area contributed by atoms with Crippen molar-refractivity contribution in [2.45, 2.75) is 129 Å². The van der Waals surface area contributed by atoms with Gasteiger partial charge in [0.1, 0.15) is 0 Å². The fourth-order valence-corrected chi connectivity index (χ4v) is 3.96. The van der Waals surface area contributed by atoms with Crippen LogP contribution >= 0.6 is 0 Å². The molecule has 0 aliphatic carbocycles. The zero-order valence-electron chi connectivity index (χ0n) is 18.1. The third-order valence-electron chi connectivity index (χ3n) is 5.79. The van der Waals surface area contributed by atoms with E-state index in [-0.39, 0.29) is 0 Å². The Morgan fingerprint density at radius 3 is 1.48 bits per heavy atom. The van der Waals surface area contributed by atoms with Gasteiger partial charge in [-0.25, -0.2) is 0 Å². The predicted octanol–water partition coefficient (Wildman–Crippen LogP) is 8.41. The Bertz CT molecular complexity index is 437. The number of hydrogen-bond donors (Lipinski definition) is 1. The molecule has 0 aliphatic rings. The normalized spacial score (nSPS) is 11.1. The molecule has 0 aliphatic heterocycles. The molecule has 1 heterocycles. The first-order chi connectivity index (χ1) is 13.4. The molecule has 0 aromatic carbocycles. The number of nitrogens with one attached hydrogen (secondary N) is 1. The van der Waals surface area contributed by atoms with Crippen LogP contribution in [-0.4, -0.2) is 11.3 Å². The first kappa shape index (κ1) is 24.0. The van der Waals surface area contributed by atoms with Crippen molar-refractivity contribution in [3.8, 4) is 0 Å². The molecule has 156 valence electrons. The second kappa shape index (κ2) is 18.3. The van der Waals surface area contributed by atoms with Gasteiger partial charge in [-0.1, -0.05) is 116 Å². The quantitative estimate of drug-likeness (QED) is 0.180. The summed E-state index contributed by atoms with van der Waals surface area (Å²) in [5.74, 6) is 0. The van der Waals surface area contributed by atoms with Crippen molar-refractivity contribution >= 4 is 6.29 Å². The molecule has 0 saturated carbocycles. The van der Waals surface area contributed by atoms with Gasteiger partial charge in [-0.15, -0.1) is 0 Å². The monoisotopic (exact) mass is 375 g/mol. The molecule has 0 saturated heterocycles. The largest absolute Gasteiger partial charge is 0.359 e. The SMILES string of the molecule is CCCCCCCCCCCCCCCCCCCCc1cc[nH]c1C=O. The van der Waals surface area contributed by atoms with E-state index in [9.17, 15) is 4.79 Å². The van der Waals surface area contributed by atoms with Gasteiger partial charge in [0, 0.05) is 6.20 Å². The van der Waals surface area contributed by atoms with E-state index in [1.165, 1.54) is 121 Å². The van der Waals surface area contributed by atoms with Crippen LogP contribution in [0.3, 0.4) is 0 Å². The van der Waals surface area contributed by atoms with E-state index in [1.807, 2.05) is 12.3 Å². The number of aryl methyl sites for hydroxylation is 1. The summed E-state index contributed by atoms with van der Waals surface area (Å²) in [6.07, 6.45) is 29.2. The van der Waals surface area contributed by atoms with E-state index >= 15 is 0 Å². The minimum absolute atomic E-state index is 0.766. The lowest BCUT2D eigenvalue weighted by atomic mass is 10.0. The minimum Gasteiger partial charge on any atom is -0.359 e. The predicted molar refractivity (Wildman–Crippen MR) is 119 cm³/mol. The van der Waals surface area contributed by atoms with E-state index in [4.69, 9.17) is 0 Å². The maximum Gasteiger partial charge on any atom is 0.166 e. The van der Waals surface area contributed by atoms with Gasteiger partial charge in [0.2, 0.25) is 0 Å². The van der Waals surface area contributed by atoms with Crippen molar-refractivity contribution in [2.24, 2.45) is 0 Å². The van der Waals surface area contributed by atoms with Crippen LogP contribution in [0.2, 0.25) is 0 Å². The molecule has 0 atom stereocenters. The highest BCUT2D eigenvalue weighted by atomic mass is 16.1. The fourth-order valence-electron chi connectivity index (χ4n) is 3.96. The van der Waals surface area contributed by atoms with E-state index in [2.05, 4.69) is 11.9 Å². The zero-order valence-corrected chi connectivity index (χ0v) is 18.1. The van der Waals surface area contributed by atoms with Crippen LogP contribution in [0.25, 0.3) is 0 Å². The second-order valence-electron chi connectivity index (χ2n) is 8.29. The number of rotatable bonds is 20. The van der Waals surface area contributed by atoms with Crippen molar-refractivity contribution in [3.05, 3.63) is 23.5 Å². The topological polar surface area (TPSA) is 32.9 Å². The van der Waals surface area contributed by atoms with E-state index in [0.29, 0.717) is 0 Å². The average molecular weight is 376 g/mol. The van der Waals surface area contributed by atoms with Crippen LogP contribution in [0.4, 0.5) is 0 Å². The summed E-state index contributed by atoms with van der Waals surface area (Å²) in [5.41, 5.74) is 1.95. The Morgan fingerprint density at radius 2 is 1.07 bits per heavy atom. The van der Waals surface area contributed by atoms with Crippen LogP contribution in [-0.2, 0) is 6.42 Å². The van der Waals surface area contributed by atoms with Crippen molar-refractivity contribution in [2.75, 3.05) is 0 Å². The molecule has 0 spiro atoms. The third-order valence-corrected chi connectivity index (χ3v) is 5.79. The molecule has 0 unspecified atom stereocenters. The summed E-state index contributed by atoms with van der Waals surface area (Å²) in [6.45, 7) is 2.29. The Labute approximate surface area is 168 Å². The summed E-state index contributed by atoms with van der Waals surface area (Å²) in [5, 5.41) is 0. The molecule has 0 radical (unpaired) electrons. The summed E-state index contributed by atoms with van der Waals surface area (Å²) < 4.78 is 0. The smallest absolute Gasteiger partial charge is 0.166 e. The first-order valence-corrected chi connectivity index (χ1v) is 12.0. The van der Waals surface area contributed by atoms with Crippen molar-refractivity contribution in [1.82, 2.24) is 4.98 Å². The van der Waals surface area contributed by atoms with Gasteiger partial charge in [-0.3, -0.25) is 4.79 Å². The highest BCUT2D eigenvalue weighted by Crippen LogP contribution is 2.15. The number of unbranched alkanes of at least 4 members (excludes halogenated alkanes) is 17. The summed E-state index contributed by atoms with van der Waals surface area (Å²) in [6, 6.07) is 2.04. The molecule has 0 fully saturated rings. The number of aromatic amines is 1. The lowest BCUT2D eigenvalue weighted by molar-refractivity contribution is 0.111. The van der Waals surface area contributed by atoms with Gasteiger partial charge in [-0.2, -0.15) is 0 Å².